The number of anilines is 4. The molecule has 1 aliphatic carbocycles. The molecule has 17 heteroatoms. The fourth-order valence-electron chi connectivity index (χ4n) is 10.9. The maximum atomic E-state index is 13.4. The number of methoxy groups -OCH3 is 1. The summed E-state index contributed by atoms with van der Waals surface area (Å²) < 4.78 is 25.7. The second-order valence-electron chi connectivity index (χ2n) is 19.5. The largest absolute Gasteiger partial charge is 0.495 e. The molecule has 0 bridgehead atoms. The number of hydrogen-bond donors (Lipinski definition) is 3. The summed E-state index contributed by atoms with van der Waals surface area (Å²) in [5.74, 6) is 0.540. The van der Waals surface area contributed by atoms with Crippen LogP contribution in [0.3, 0.4) is 0 Å². The molecule has 4 saturated heterocycles. The van der Waals surface area contributed by atoms with Crippen molar-refractivity contribution in [3.05, 3.63) is 108 Å². The third kappa shape index (κ3) is 8.87. The highest BCUT2D eigenvalue weighted by molar-refractivity contribution is 6.17. The second kappa shape index (κ2) is 18.7. The number of halogens is 1. The topological polar surface area (TPSA) is 169 Å². The van der Waals surface area contributed by atoms with Gasteiger partial charge in [-0.15, -0.1) is 0 Å². The molecule has 11 rings (SSSR count). The van der Waals surface area contributed by atoms with E-state index in [2.05, 4.69) is 47.7 Å². The van der Waals surface area contributed by atoms with Gasteiger partial charge >= 0.3 is 0 Å². The van der Waals surface area contributed by atoms with E-state index in [1.807, 2.05) is 24.3 Å². The third-order valence-electron chi connectivity index (χ3n) is 15.2. The Labute approximate surface area is 405 Å². The number of likely N-dealkylation sites (tertiary alicyclic amines) is 1. The van der Waals surface area contributed by atoms with E-state index in [1.54, 1.807) is 42.5 Å². The summed E-state index contributed by atoms with van der Waals surface area (Å²) in [5.41, 5.74) is 4.31. The molecular formula is C53H56FN9O7. The monoisotopic (exact) mass is 949 g/mol. The first-order chi connectivity index (χ1) is 34.0. The zero-order chi connectivity index (χ0) is 48.1. The van der Waals surface area contributed by atoms with Gasteiger partial charge in [0.05, 0.1) is 18.3 Å². The normalized spacial score (nSPS) is 20.7. The quantitative estimate of drug-likeness (QED) is 0.0930. The first-order valence-corrected chi connectivity index (χ1v) is 24.4. The Morgan fingerprint density at radius 1 is 0.800 bits per heavy atom. The maximum Gasteiger partial charge on any atom is 0.255 e. The van der Waals surface area contributed by atoms with Crippen LogP contribution in [0.1, 0.15) is 54.4 Å². The van der Waals surface area contributed by atoms with Gasteiger partial charge in [-0.05, 0) is 117 Å². The summed E-state index contributed by atoms with van der Waals surface area (Å²) in [7, 11) is 1.69. The van der Waals surface area contributed by atoms with Gasteiger partial charge in [0.15, 0.2) is 0 Å². The van der Waals surface area contributed by atoms with Crippen molar-refractivity contribution in [2.75, 3.05) is 86.4 Å². The number of fused-ring (bicyclic) bond motifs is 2. The number of carbonyl (C=O) groups is 5. The summed E-state index contributed by atoms with van der Waals surface area (Å²) in [5, 5.41) is 8.82. The molecule has 70 heavy (non-hydrogen) atoms. The molecule has 0 unspecified atom stereocenters. The molecule has 6 aliphatic rings. The minimum absolute atomic E-state index is 0.135. The van der Waals surface area contributed by atoms with Gasteiger partial charge < -0.3 is 34.8 Å². The number of ether oxygens (including phenoxy) is 2. The van der Waals surface area contributed by atoms with Gasteiger partial charge in [0.1, 0.15) is 34.5 Å². The Hall–Kier alpha value is -7.11. The van der Waals surface area contributed by atoms with Crippen LogP contribution in [0.25, 0.3) is 10.9 Å². The maximum absolute atomic E-state index is 13.4. The van der Waals surface area contributed by atoms with E-state index in [0.717, 1.165) is 105 Å². The molecule has 5 fully saturated rings. The number of amides is 5. The number of benzene rings is 4. The number of imide groups is 1. The second-order valence-corrected chi connectivity index (χ2v) is 19.5. The molecule has 362 valence electrons. The fourth-order valence-corrected chi connectivity index (χ4v) is 10.9. The Morgan fingerprint density at radius 2 is 1.49 bits per heavy atom. The molecule has 5 aliphatic heterocycles. The predicted molar refractivity (Wildman–Crippen MR) is 262 cm³/mol. The summed E-state index contributed by atoms with van der Waals surface area (Å²) in [6.07, 6.45) is 5.36. The van der Waals surface area contributed by atoms with E-state index in [4.69, 9.17) is 14.5 Å². The standard InChI is InChI=1S/C53H56FN9O7/c1-69-47-27-40-42(55-20-15-46(40)70-38-11-9-36(10-12-38)57-52(68)53(18-19-53)51(67)56-35-7-5-34(54)6-8-35)28-45(47)61-21-16-33(17-22-61)29-59-30-37(31-59)60-23-25-62(26-24-60)43-4-2-3-39-41(43)32-63(50(39)66)44-13-14-48(64)58-49(44)65/h2-12,15,20,27-28,33,37,44H,13-14,16-19,21-26,29-32H2,1H3,(H,56,67)(H,57,68)(H,58,64,65)/t44-/m0/s1. The van der Waals surface area contributed by atoms with Crippen LogP contribution in [-0.2, 0) is 25.7 Å². The number of rotatable bonds is 13. The number of nitrogens with one attached hydrogen (secondary N) is 3. The van der Waals surface area contributed by atoms with Crippen LogP contribution < -0.4 is 35.2 Å². The van der Waals surface area contributed by atoms with Crippen LogP contribution in [0, 0.1) is 17.2 Å². The molecule has 3 N–H and O–H groups in total. The van der Waals surface area contributed by atoms with Crippen molar-refractivity contribution in [1.29, 1.82) is 0 Å². The highest BCUT2D eigenvalue weighted by Crippen LogP contribution is 2.48. The van der Waals surface area contributed by atoms with Crippen LogP contribution in [0.4, 0.5) is 27.1 Å². The lowest BCUT2D eigenvalue weighted by Crippen LogP contribution is -2.63. The van der Waals surface area contributed by atoms with Crippen LogP contribution in [0.15, 0.2) is 91.1 Å². The third-order valence-corrected chi connectivity index (χ3v) is 15.2. The summed E-state index contributed by atoms with van der Waals surface area (Å²) in [4.78, 5) is 80.4. The molecule has 6 heterocycles. The van der Waals surface area contributed by atoms with Gasteiger partial charge in [0.2, 0.25) is 23.6 Å². The van der Waals surface area contributed by atoms with Crippen molar-refractivity contribution in [2.45, 2.75) is 57.2 Å². The molecular weight excluding hydrogens is 894 g/mol. The van der Waals surface area contributed by atoms with E-state index in [0.29, 0.717) is 66.2 Å². The lowest BCUT2D eigenvalue weighted by molar-refractivity contribution is -0.137. The van der Waals surface area contributed by atoms with Gasteiger partial charge in [-0.3, -0.25) is 44.1 Å². The molecule has 1 saturated carbocycles. The van der Waals surface area contributed by atoms with Crippen molar-refractivity contribution in [1.82, 2.24) is 25.0 Å². The average molecular weight is 950 g/mol. The predicted octanol–water partition coefficient (Wildman–Crippen LogP) is 6.02. The zero-order valence-corrected chi connectivity index (χ0v) is 39.1. The number of hydrogen-bond acceptors (Lipinski definition) is 12. The first-order valence-electron chi connectivity index (χ1n) is 24.4. The van der Waals surface area contributed by atoms with Crippen molar-refractivity contribution in [2.24, 2.45) is 11.3 Å². The van der Waals surface area contributed by atoms with Gasteiger partial charge in [0.25, 0.3) is 5.91 Å². The van der Waals surface area contributed by atoms with Crippen LogP contribution in [0.2, 0.25) is 0 Å². The van der Waals surface area contributed by atoms with E-state index < -0.39 is 23.2 Å². The first kappa shape index (κ1) is 45.3. The molecule has 1 atom stereocenters. The van der Waals surface area contributed by atoms with Crippen LogP contribution >= 0.6 is 0 Å². The molecule has 0 spiro atoms. The number of piperazine rings is 1. The van der Waals surface area contributed by atoms with E-state index in [-0.39, 0.29) is 30.0 Å². The van der Waals surface area contributed by atoms with Crippen molar-refractivity contribution in [3.8, 4) is 17.2 Å². The summed E-state index contributed by atoms with van der Waals surface area (Å²) >= 11 is 0. The SMILES string of the molecule is COc1cc2c(Oc3ccc(NC(=O)C4(C(=O)Nc5ccc(F)cc5)CC4)cc3)ccnc2cc1N1CCC(CN2CC(N3CCN(c4cccc5c4CN([C@H]4CCC(=O)NC4=O)C5=O)CC3)C2)CC1. The minimum atomic E-state index is -1.17. The lowest BCUT2D eigenvalue weighted by Gasteiger charge is -2.50. The molecule has 5 amide bonds. The lowest BCUT2D eigenvalue weighted by atomic mass is 9.93. The summed E-state index contributed by atoms with van der Waals surface area (Å²) in [6.45, 7) is 9.16. The van der Waals surface area contributed by atoms with Crippen molar-refractivity contribution >= 4 is 63.2 Å². The van der Waals surface area contributed by atoms with E-state index in [1.165, 1.54) is 24.3 Å². The Balaban J connectivity index is 0.643. The molecule has 0 radical (unpaired) electrons. The number of aromatic nitrogens is 1. The number of nitrogens with zero attached hydrogens (tertiary/aromatic N) is 6. The molecule has 4 aromatic carbocycles. The van der Waals surface area contributed by atoms with Crippen LogP contribution in [-0.4, -0.2) is 127 Å². The van der Waals surface area contributed by atoms with Gasteiger partial charge in [-0.25, -0.2) is 4.39 Å². The minimum Gasteiger partial charge on any atom is -0.495 e. The Bertz CT molecular complexity index is 2850. The average Bonchev–Trinajstić information content (AvgIpc) is 4.12. The Kier molecular flexibility index (Phi) is 12.1. The molecule has 5 aromatic rings. The number of piperidine rings is 2. The number of pyridine rings is 1. The van der Waals surface area contributed by atoms with Gasteiger partial charge in [0, 0.05) is 118 Å². The van der Waals surface area contributed by atoms with Gasteiger partial charge in [-0.1, -0.05) is 6.07 Å². The highest BCUT2D eigenvalue weighted by atomic mass is 19.1. The van der Waals surface area contributed by atoms with Crippen molar-refractivity contribution < 1.29 is 37.8 Å². The van der Waals surface area contributed by atoms with E-state index in [9.17, 15) is 28.4 Å². The Morgan fingerprint density at radius 3 is 2.16 bits per heavy atom. The molecule has 16 nitrogen and oxygen atoms in total. The zero-order valence-electron chi connectivity index (χ0n) is 39.1. The van der Waals surface area contributed by atoms with Gasteiger partial charge in [-0.2, -0.15) is 0 Å². The smallest absolute Gasteiger partial charge is 0.255 e. The van der Waals surface area contributed by atoms with Crippen molar-refractivity contribution in [3.63, 3.8) is 0 Å². The fraction of sp³-hybridized carbons (Fsp3) is 0.396. The number of carbonyl (C=O) groups excluding carboxylic acids is 5. The summed E-state index contributed by atoms with van der Waals surface area (Å²) in [6, 6.07) is 24.2. The van der Waals surface area contributed by atoms with Crippen LogP contribution in [0.5, 0.6) is 17.2 Å². The highest BCUT2D eigenvalue weighted by Gasteiger charge is 2.56. The van der Waals surface area contributed by atoms with E-state index >= 15 is 0 Å². The molecule has 1 aromatic heterocycles.